The van der Waals surface area contributed by atoms with E-state index in [1.807, 2.05) is 43.3 Å². The van der Waals surface area contributed by atoms with E-state index in [2.05, 4.69) is 30.2 Å². The van der Waals surface area contributed by atoms with Crippen LogP contribution in [0.2, 0.25) is 0 Å². The lowest BCUT2D eigenvalue weighted by atomic mass is 9.97. The molecule has 0 bridgehead atoms. The topological polar surface area (TPSA) is 37.4 Å². The predicted octanol–water partition coefficient (Wildman–Crippen LogP) is 4.15. The number of likely N-dealkylation sites (tertiary alicyclic amines) is 1. The molecule has 0 radical (unpaired) electrons. The lowest BCUT2D eigenvalue weighted by molar-refractivity contribution is 0.206. The van der Waals surface area contributed by atoms with Crippen molar-refractivity contribution in [3.8, 4) is 0 Å². The second kappa shape index (κ2) is 7.60. The average Bonchev–Trinajstić information content (AvgIpc) is 2.63. The summed E-state index contributed by atoms with van der Waals surface area (Å²) in [4.78, 5) is 2.61. The fraction of sp³-hybridized carbons (Fsp3) is 0.273. The molecule has 4 heteroatoms. The molecule has 26 heavy (non-hydrogen) atoms. The Labute approximate surface area is 156 Å². The summed E-state index contributed by atoms with van der Waals surface area (Å²) in [5.74, 6) is 0. The minimum atomic E-state index is -3.44. The third-order valence-corrected chi connectivity index (χ3v) is 7.21. The van der Waals surface area contributed by atoms with Gasteiger partial charge in [0.2, 0.25) is 0 Å². The Hall–Kier alpha value is -2.17. The Morgan fingerprint density at radius 1 is 1.12 bits per heavy atom. The Bertz CT molecular complexity index is 885. The molecule has 0 N–H and O–H groups in total. The highest BCUT2D eigenvalue weighted by molar-refractivity contribution is 7.92. The van der Waals surface area contributed by atoms with Gasteiger partial charge in [0.15, 0.2) is 9.84 Å². The van der Waals surface area contributed by atoms with Gasteiger partial charge in [-0.1, -0.05) is 60.7 Å². The first-order chi connectivity index (χ1) is 12.4. The molecule has 0 unspecified atom stereocenters. The molecule has 1 saturated heterocycles. The van der Waals surface area contributed by atoms with E-state index in [0.29, 0.717) is 17.9 Å². The summed E-state index contributed by atoms with van der Waals surface area (Å²) in [7, 11) is -3.44. The van der Waals surface area contributed by atoms with E-state index in [1.165, 1.54) is 5.56 Å². The van der Waals surface area contributed by atoms with Crippen LogP contribution in [0.1, 0.15) is 17.5 Å². The molecule has 3 rings (SSSR count). The molecule has 1 aliphatic heterocycles. The summed E-state index contributed by atoms with van der Waals surface area (Å²) in [6, 6.07) is 17.3. The summed E-state index contributed by atoms with van der Waals surface area (Å²) >= 11 is 0. The molecule has 0 aliphatic carbocycles. The summed E-state index contributed by atoms with van der Waals surface area (Å²) in [5.41, 5.74) is 3.00. The first-order valence-corrected chi connectivity index (χ1v) is 10.3. The van der Waals surface area contributed by atoms with E-state index >= 15 is 0 Å². The lowest BCUT2D eigenvalue weighted by Crippen LogP contribution is -2.46. The molecule has 2 atom stereocenters. The van der Waals surface area contributed by atoms with Gasteiger partial charge >= 0.3 is 0 Å². The molecule has 0 amide bonds. The van der Waals surface area contributed by atoms with Gasteiger partial charge in [0.25, 0.3) is 0 Å². The van der Waals surface area contributed by atoms with Crippen LogP contribution in [0.4, 0.5) is 0 Å². The molecule has 2 aromatic rings. The third kappa shape index (κ3) is 3.81. The average molecular weight is 368 g/mol. The molecule has 0 saturated carbocycles. The van der Waals surface area contributed by atoms with Gasteiger partial charge in [-0.05, 0) is 36.6 Å². The Morgan fingerprint density at radius 2 is 1.77 bits per heavy atom. The lowest BCUT2D eigenvalue weighted by Gasteiger charge is -2.39. The second-order valence-electron chi connectivity index (χ2n) is 6.93. The van der Waals surface area contributed by atoms with Gasteiger partial charge in [-0.3, -0.25) is 4.90 Å². The van der Waals surface area contributed by atoms with Crippen LogP contribution >= 0.6 is 0 Å². The fourth-order valence-corrected chi connectivity index (χ4v) is 5.30. The van der Waals surface area contributed by atoms with Crippen LogP contribution in [-0.2, 0) is 16.4 Å². The zero-order valence-electron chi connectivity index (χ0n) is 15.1. The van der Waals surface area contributed by atoms with Crippen LogP contribution < -0.4 is 0 Å². The maximum Gasteiger partial charge on any atom is 0.185 e. The maximum absolute atomic E-state index is 13.1. The number of sulfone groups is 1. The van der Waals surface area contributed by atoms with E-state index in [4.69, 9.17) is 0 Å². The summed E-state index contributed by atoms with van der Waals surface area (Å²) in [6.07, 6.45) is 2.35. The monoisotopic (exact) mass is 367 g/mol. The molecular weight excluding hydrogens is 342 g/mol. The van der Waals surface area contributed by atoms with Gasteiger partial charge < -0.3 is 0 Å². The zero-order chi connectivity index (χ0) is 18.7. The maximum atomic E-state index is 13.1. The van der Waals surface area contributed by atoms with Gasteiger partial charge in [0.1, 0.15) is 0 Å². The van der Waals surface area contributed by atoms with Crippen molar-refractivity contribution >= 4 is 9.84 Å². The van der Waals surface area contributed by atoms with E-state index < -0.39 is 15.1 Å². The number of hydrogen-bond donors (Lipinski definition) is 0. The highest BCUT2D eigenvalue weighted by Gasteiger charge is 2.37. The number of aryl methyl sites for hydroxylation is 1. The van der Waals surface area contributed by atoms with Crippen molar-refractivity contribution in [2.75, 3.05) is 6.54 Å². The van der Waals surface area contributed by atoms with Crippen LogP contribution in [0.5, 0.6) is 0 Å². The Kier molecular flexibility index (Phi) is 5.44. The van der Waals surface area contributed by atoms with Crippen LogP contribution in [0.15, 0.2) is 84.3 Å². The molecule has 0 spiro atoms. The van der Waals surface area contributed by atoms with Crippen molar-refractivity contribution in [2.45, 2.75) is 36.1 Å². The minimum absolute atomic E-state index is 0.00549. The summed E-state index contributed by atoms with van der Waals surface area (Å²) < 4.78 is 26.2. The van der Waals surface area contributed by atoms with Crippen LogP contribution in [-0.4, -0.2) is 31.2 Å². The van der Waals surface area contributed by atoms with Gasteiger partial charge in [-0.25, -0.2) is 8.42 Å². The van der Waals surface area contributed by atoms with Crippen LogP contribution in [0, 0.1) is 6.92 Å². The highest BCUT2D eigenvalue weighted by Crippen LogP contribution is 2.32. The molecule has 1 aliphatic rings. The van der Waals surface area contributed by atoms with Crippen molar-refractivity contribution in [1.82, 2.24) is 4.90 Å². The molecule has 2 aromatic carbocycles. The van der Waals surface area contributed by atoms with E-state index in [0.717, 1.165) is 17.7 Å². The molecule has 1 heterocycles. The number of piperidine rings is 1. The van der Waals surface area contributed by atoms with Crippen molar-refractivity contribution in [1.29, 1.82) is 0 Å². The first-order valence-electron chi connectivity index (χ1n) is 8.80. The highest BCUT2D eigenvalue weighted by atomic mass is 32.2. The number of hydrogen-bond acceptors (Lipinski definition) is 3. The minimum Gasteiger partial charge on any atom is -0.289 e. The quantitative estimate of drug-likeness (QED) is 0.745. The van der Waals surface area contributed by atoms with E-state index in [-0.39, 0.29) is 6.04 Å². The smallest absolute Gasteiger partial charge is 0.185 e. The Morgan fingerprint density at radius 3 is 2.38 bits per heavy atom. The summed E-state index contributed by atoms with van der Waals surface area (Å²) in [5, 5.41) is -0.569. The number of nitrogens with zero attached hydrogens (tertiary/aromatic N) is 1. The predicted molar refractivity (Wildman–Crippen MR) is 107 cm³/mol. The van der Waals surface area contributed by atoms with Crippen molar-refractivity contribution in [3.05, 3.63) is 90.5 Å². The second-order valence-corrected chi connectivity index (χ2v) is 9.06. The van der Waals surface area contributed by atoms with Crippen molar-refractivity contribution < 1.29 is 8.42 Å². The van der Waals surface area contributed by atoms with Gasteiger partial charge in [0.05, 0.1) is 10.1 Å². The molecular formula is C22H25NO2S. The van der Waals surface area contributed by atoms with Gasteiger partial charge in [-0.15, -0.1) is 6.58 Å². The van der Waals surface area contributed by atoms with Gasteiger partial charge in [0, 0.05) is 19.1 Å². The van der Waals surface area contributed by atoms with Crippen LogP contribution in [0.3, 0.4) is 0 Å². The standard InChI is InChI=1S/C22H25NO2S/c1-4-20-14-22(26(24,25)21-12-10-17(2)11-13-21)18(3)15-23(20)16-19-8-6-5-7-9-19/h4-13,20,22H,1,3,14-16H2,2H3/t20-,22-/m1/s1. The van der Waals surface area contributed by atoms with Crippen molar-refractivity contribution in [3.63, 3.8) is 0 Å². The van der Waals surface area contributed by atoms with E-state index in [1.54, 1.807) is 12.1 Å². The van der Waals surface area contributed by atoms with E-state index in [9.17, 15) is 8.42 Å². The number of benzene rings is 2. The molecule has 1 fully saturated rings. The molecule has 136 valence electrons. The third-order valence-electron chi connectivity index (χ3n) is 5.01. The fourth-order valence-electron chi connectivity index (χ4n) is 3.49. The SMILES string of the molecule is C=C[C@@H]1C[C@@H](S(=O)(=O)c2ccc(C)cc2)C(=C)CN1Cc1ccccc1. The summed E-state index contributed by atoms with van der Waals surface area (Å²) in [6.45, 7) is 11.3. The molecule has 3 nitrogen and oxygen atoms in total. The molecule has 0 aromatic heterocycles. The number of rotatable bonds is 5. The Balaban J connectivity index is 1.82. The normalized spacial score (nSPS) is 21.5. The van der Waals surface area contributed by atoms with Gasteiger partial charge in [-0.2, -0.15) is 0 Å². The first kappa shape index (κ1) is 18.6. The zero-order valence-corrected chi connectivity index (χ0v) is 16.0. The van der Waals surface area contributed by atoms with Crippen LogP contribution in [0.25, 0.3) is 0 Å². The van der Waals surface area contributed by atoms with Crippen molar-refractivity contribution in [2.24, 2.45) is 0 Å². The largest absolute Gasteiger partial charge is 0.289 e.